The summed E-state index contributed by atoms with van der Waals surface area (Å²) in [6.45, 7) is 7.41. The number of hydrogen-bond acceptors (Lipinski definition) is 2. The van der Waals surface area contributed by atoms with Crippen LogP contribution >= 0.6 is 0 Å². The minimum absolute atomic E-state index is 0.487. The summed E-state index contributed by atoms with van der Waals surface area (Å²) in [5, 5.41) is 0. The standard InChI is InChI=1S/C14H28N2/c1-3-14(4-2)9-10-16(11-14)13-7-5-12(15)6-8-13/h12-13H,3-11,15H2,1-2H3. The van der Waals surface area contributed by atoms with Crippen LogP contribution in [-0.2, 0) is 0 Å². The Morgan fingerprint density at radius 2 is 1.75 bits per heavy atom. The molecule has 0 aromatic heterocycles. The molecular formula is C14H28N2. The van der Waals surface area contributed by atoms with Gasteiger partial charge in [-0.1, -0.05) is 13.8 Å². The largest absolute Gasteiger partial charge is 0.328 e. The lowest BCUT2D eigenvalue weighted by atomic mass is 9.81. The average Bonchev–Trinajstić information content (AvgIpc) is 2.75. The van der Waals surface area contributed by atoms with Gasteiger partial charge >= 0.3 is 0 Å². The maximum atomic E-state index is 5.98. The zero-order chi connectivity index (χ0) is 11.6. The molecule has 2 aliphatic rings. The molecule has 1 saturated carbocycles. The van der Waals surface area contributed by atoms with Gasteiger partial charge in [0.15, 0.2) is 0 Å². The molecule has 0 bridgehead atoms. The molecule has 1 saturated heterocycles. The SMILES string of the molecule is CCC1(CC)CCN(C2CCC(N)CC2)C1. The highest BCUT2D eigenvalue weighted by atomic mass is 15.2. The van der Waals surface area contributed by atoms with Gasteiger partial charge in [0, 0.05) is 18.6 Å². The monoisotopic (exact) mass is 224 g/mol. The van der Waals surface area contributed by atoms with E-state index in [0.29, 0.717) is 11.5 Å². The molecule has 0 aromatic rings. The Morgan fingerprint density at radius 3 is 2.25 bits per heavy atom. The molecule has 1 heterocycles. The van der Waals surface area contributed by atoms with Crippen LogP contribution in [0.5, 0.6) is 0 Å². The van der Waals surface area contributed by atoms with Gasteiger partial charge in [-0.15, -0.1) is 0 Å². The van der Waals surface area contributed by atoms with Crippen molar-refractivity contribution in [2.45, 2.75) is 70.9 Å². The van der Waals surface area contributed by atoms with Gasteiger partial charge in [-0.25, -0.2) is 0 Å². The van der Waals surface area contributed by atoms with Crippen molar-refractivity contribution in [1.29, 1.82) is 0 Å². The molecule has 2 rings (SSSR count). The normalized spacial score (nSPS) is 35.4. The number of nitrogens with zero attached hydrogens (tertiary/aromatic N) is 1. The van der Waals surface area contributed by atoms with Crippen molar-refractivity contribution in [1.82, 2.24) is 4.90 Å². The van der Waals surface area contributed by atoms with E-state index in [-0.39, 0.29) is 0 Å². The third kappa shape index (κ3) is 2.43. The Bertz CT molecular complexity index is 215. The fourth-order valence-corrected chi connectivity index (χ4v) is 3.58. The molecule has 94 valence electrons. The molecule has 2 heteroatoms. The van der Waals surface area contributed by atoms with E-state index >= 15 is 0 Å². The van der Waals surface area contributed by atoms with E-state index in [1.807, 2.05) is 0 Å². The third-order valence-corrected chi connectivity index (χ3v) is 5.23. The lowest BCUT2D eigenvalue weighted by Gasteiger charge is -2.35. The van der Waals surface area contributed by atoms with E-state index in [1.165, 1.54) is 58.0 Å². The zero-order valence-corrected chi connectivity index (χ0v) is 11.0. The van der Waals surface area contributed by atoms with Gasteiger partial charge in [0.25, 0.3) is 0 Å². The molecule has 0 radical (unpaired) electrons. The molecule has 0 amide bonds. The smallest absolute Gasteiger partial charge is 0.00966 e. The summed E-state index contributed by atoms with van der Waals surface area (Å²) in [7, 11) is 0. The molecule has 2 fully saturated rings. The van der Waals surface area contributed by atoms with Crippen molar-refractivity contribution in [3.8, 4) is 0 Å². The van der Waals surface area contributed by atoms with Crippen LogP contribution in [0, 0.1) is 5.41 Å². The first-order chi connectivity index (χ1) is 7.69. The van der Waals surface area contributed by atoms with Gasteiger partial charge < -0.3 is 5.73 Å². The summed E-state index contributed by atoms with van der Waals surface area (Å²) in [5.74, 6) is 0. The van der Waals surface area contributed by atoms with Crippen molar-refractivity contribution < 1.29 is 0 Å². The minimum Gasteiger partial charge on any atom is -0.328 e. The number of rotatable bonds is 3. The number of likely N-dealkylation sites (tertiary alicyclic amines) is 1. The topological polar surface area (TPSA) is 29.3 Å². The summed E-state index contributed by atoms with van der Waals surface area (Å²) in [6, 6.07) is 1.33. The van der Waals surface area contributed by atoms with Crippen LogP contribution in [0.25, 0.3) is 0 Å². The summed E-state index contributed by atoms with van der Waals surface area (Å²) in [5.41, 5.74) is 6.62. The molecule has 0 spiro atoms. The van der Waals surface area contributed by atoms with Crippen LogP contribution in [-0.4, -0.2) is 30.1 Å². The fraction of sp³-hybridized carbons (Fsp3) is 1.00. The lowest BCUT2D eigenvalue weighted by Crippen LogP contribution is -2.40. The average molecular weight is 224 g/mol. The Kier molecular flexibility index (Phi) is 3.91. The van der Waals surface area contributed by atoms with E-state index in [0.717, 1.165) is 6.04 Å². The maximum absolute atomic E-state index is 5.98. The quantitative estimate of drug-likeness (QED) is 0.798. The van der Waals surface area contributed by atoms with Crippen LogP contribution in [0.2, 0.25) is 0 Å². The van der Waals surface area contributed by atoms with Gasteiger partial charge in [0.1, 0.15) is 0 Å². The second-order valence-electron chi connectivity index (χ2n) is 6.00. The first-order valence-corrected chi connectivity index (χ1v) is 7.19. The number of nitrogens with two attached hydrogens (primary N) is 1. The second kappa shape index (κ2) is 5.05. The van der Waals surface area contributed by atoms with Crippen molar-refractivity contribution >= 4 is 0 Å². The van der Waals surface area contributed by atoms with E-state index in [9.17, 15) is 0 Å². The maximum Gasteiger partial charge on any atom is 0.00966 e. The molecule has 1 aliphatic heterocycles. The van der Waals surface area contributed by atoms with Crippen LogP contribution < -0.4 is 5.73 Å². The molecule has 0 atom stereocenters. The first-order valence-electron chi connectivity index (χ1n) is 7.19. The van der Waals surface area contributed by atoms with Crippen LogP contribution in [0.3, 0.4) is 0 Å². The summed E-state index contributed by atoms with van der Waals surface area (Å²) < 4.78 is 0. The van der Waals surface area contributed by atoms with E-state index < -0.39 is 0 Å². The fourth-order valence-electron chi connectivity index (χ4n) is 3.58. The summed E-state index contributed by atoms with van der Waals surface area (Å²) in [4.78, 5) is 2.76. The Morgan fingerprint density at radius 1 is 1.12 bits per heavy atom. The minimum atomic E-state index is 0.487. The van der Waals surface area contributed by atoms with E-state index in [1.54, 1.807) is 0 Å². The Labute approximate surface area is 101 Å². The van der Waals surface area contributed by atoms with Gasteiger partial charge in [0.05, 0.1) is 0 Å². The second-order valence-corrected chi connectivity index (χ2v) is 6.00. The van der Waals surface area contributed by atoms with Gasteiger partial charge in [0.2, 0.25) is 0 Å². The number of hydrogen-bond donors (Lipinski definition) is 1. The van der Waals surface area contributed by atoms with Crippen LogP contribution in [0.4, 0.5) is 0 Å². The Balaban J connectivity index is 1.88. The summed E-state index contributed by atoms with van der Waals surface area (Å²) in [6.07, 6.45) is 9.29. The van der Waals surface area contributed by atoms with Gasteiger partial charge in [-0.05, 0) is 56.9 Å². The molecule has 2 nitrogen and oxygen atoms in total. The third-order valence-electron chi connectivity index (χ3n) is 5.23. The van der Waals surface area contributed by atoms with Gasteiger partial charge in [-0.3, -0.25) is 4.90 Å². The molecule has 2 N–H and O–H groups in total. The molecular weight excluding hydrogens is 196 g/mol. The molecule has 1 aliphatic carbocycles. The van der Waals surface area contributed by atoms with E-state index in [2.05, 4.69) is 18.7 Å². The van der Waals surface area contributed by atoms with E-state index in [4.69, 9.17) is 5.73 Å². The van der Waals surface area contributed by atoms with Crippen molar-refractivity contribution in [2.24, 2.45) is 11.1 Å². The lowest BCUT2D eigenvalue weighted by molar-refractivity contribution is 0.154. The van der Waals surface area contributed by atoms with Crippen LogP contribution in [0.15, 0.2) is 0 Å². The van der Waals surface area contributed by atoms with Crippen LogP contribution in [0.1, 0.15) is 58.8 Å². The zero-order valence-electron chi connectivity index (χ0n) is 11.0. The Hall–Kier alpha value is -0.0800. The highest BCUT2D eigenvalue weighted by Gasteiger charge is 2.38. The molecule has 0 aromatic carbocycles. The highest BCUT2D eigenvalue weighted by Crippen LogP contribution is 2.39. The summed E-state index contributed by atoms with van der Waals surface area (Å²) >= 11 is 0. The van der Waals surface area contributed by atoms with Crippen molar-refractivity contribution in [2.75, 3.05) is 13.1 Å². The first kappa shape index (κ1) is 12.4. The predicted molar refractivity (Wildman–Crippen MR) is 69.4 cm³/mol. The molecule has 0 unspecified atom stereocenters. The molecule has 16 heavy (non-hydrogen) atoms. The van der Waals surface area contributed by atoms with Crippen molar-refractivity contribution in [3.05, 3.63) is 0 Å². The predicted octanol–water partition coefficient (Wildman–Crippen LogP) is 2.77. The van der Waals surface area contributed by atoms with Gasteiger partial charge in [-0.2, -0.15) is 0 Å². The van der Waals surface area contributed by atoms with Crippen molar-refractivity contribution in [3.63, 3.8) is 0 Å². The highest BCUT2D eigenvalue weighted by molar-refractivity contribution is 4.92.